The Balaban J connectivity index is 1.93. The lowest BCUT2D eigenvalue weighted by Gasteiger charge is -2.17. The quantitative estimate of drug-likeness (QED) is 0.413. The highest BCUT2D eigenvalue weighted by molar-refractivity contribution is 9.10. The van der Waals surface area contributed by atoms with Gasteiger partial charge in [-0.3, -0.25) is 4.79 Å². The fourth-order valence-electron chi connectivity index (χ4n) is 2.47. The third-order valence-corrected chi connectivity index (χ3v) is 4.38. The van der Waals surface area contributed by atoms with Gasteiger partial charge in [0.1, 0.15) is 0 Å². The SMILES string of the molecule is Cc1ccc(C(=O)[C@@H](OC(=O)c2ccc(Br)o2)c2ccc(C)cc2)cc1. The minimum absolute atomic E-state index is 0.0330. The molecule has 0 radical (unpaired) electrons. The molecule has 132 valence electrons. The summed E-state index contributed by atoms with van der Waals surface area (Å²) in [5, 5.41) is 0. The van der Waals surface area contributed by atoms with Crippen LogP contribution in [0, 0.1) is 13.8 Å². The van der Waals surface area contributed by atoms with E-state index in [1.165, 1.54) is 6.07 Å². The van der Waals surface area contributed by atoms with E-state index in [9.17, 15) is 9.59 Å². The van der Waals surface area contributed by atoms with Crippen molar-refractivity contribution in [2.75, 3.05) is 0 Å². The molecule has 26 heavy (non-hydrogen) atoms. The van der Waals surface area contributed by atoms with Crippen LogP contribution >= 0.6 is 15.9 Å². The summed E-state index contributed by atoms with van der Waals surface area (Å²) in [6.07, 6.45) is -1.05. The molecule has 0 aliphatic rings. The number of halogens is 1. The molecule has 0 spiro atoms. The summed E-state index contributed by atoms with van der Waals surface area (Å²) < 4.78 is 11.2. The number of furan rings is 1. The highest BCUT2D eigenvalue weighted by Crippen LogP contribution is 2.26. The number of carbonyl (C=O) groups excluding carboxylic acids is 2. The molecule has 0 fully saturated rings. The summed E-state index contributed by atoms with van der Waals surface area (Å²) >= 11 is 3.15. The van der Waals surface area contributed by atoms with Gasteiger partial charge in [-0.1, -0.05) is 59.7 Å². The van der Waals surface area contributed by atoms with Crippen LogP contribution in [0.25, 0.3) is 0 Å². The monoisotopic (exact) mass is 412 g/mol. The molecule has 0 unspecified atom stereocenters. The molecule has 1 heterocycles. The van der Waals surface area contributed by atoms with Gasteiger partial charge in [0.25, 0.3) is 0 Å². The molecule has 0 aliphatic heterocycles. The Bertz CT molecular complexity index is 923. The molecule has 0 saturated heterocycles. The van der Waals surface area contributed by atoms with Crippen LogP contribution < -0.4 is 0 Å². The number of ether oxygens (including phenoxy) is 1. The first-order chi connectivity index (χ1) is 12.4. The number of hydrogen-bond acceptors (Lipinski definition) is 4. The Labute approximate surface area is 159 Å². The van der Waals surface area contributed by atoms with Crippen molar-refractivity contribution in [1.82, 2.24) is 0 Å². The van der Waals surface area contributed by atoms with Crippen molar-refractivity contribution in [3.63, 3.8) is 0 Å². The number of aryl methyl sites for hydroxylation is 2. The van der Waals surface area contributed by atoms with Crippen LogP contribution in [0.1, 0.15) is 43.7 Å². The Hall–Kier alpha value is -2.66. The third kappa shape index (κ3) is 4.11. The number of benzene rings is 2. The fourth-order valence-corrected chi connectivity index (χ4v) is 2.78. The molecule has 0 bridgehead atoms. The van der Waals surface area contributed by atoms with Gasteiger partial charge in [0.2, 0.25) is 11.5 Å². The highest BCUT2D eigenvalue weighted by atomic mass is 79.9. The maximum atomic E-state index is 13.0. The van der Waals surface area contributed by atoms with Crippen molar-refractivity contribution in [2.24, 2.45) is 0 Å². The molecular weight excluding hydrogens is 396 g/mol. The minimum Gasteiger partial charge on any atom is -0.443 e. The standard InChI is InChI=1S/C21H17BrO4/c1-13-3-7-15(8-4-13)19(23)20(16-9-5-14(2)6-10-16)26-21(24)17-11-12-18(22)25-17/h3-12,20H,1-2H3/t20-/m0/s1. The Morgan fingerprint density at radius 1 is 0.885 bits per heavy atom. The van der Waals surface area contributed by atoms with Crippen LogP contribution in [0.5, 0.6) is 0 Å². The maximum Gasteiger partial charge on any atom is 0.375 e. The number of esters is 1. The second kappa shape index (κ2) is 7.70. The van der Waals surface area contributed by atoms with Crippen molar-refractivity contribution >= 4 is 27.7 Å². The molecule has 0 aliphatic carbocycles. The van der Waals surface area contributed by atoms with Crippen LogP contribution in [0.3, 0.4) is 0 Å². The predicted molar refractivity (Wildman–Crippen MR) is 101 cm³/mol. The van der Waals surface area contributed by atoms with Crippen LogP contribution in [0.15, 0.2) is 69.8 Å². The predicted octanol–water partition coefficient (Wildman–Crippen LogP) is 5.44. The summed E-state index contributed by atoms with van der Waals surface area (Å²) in [5.41, 5.74) is 3.19. The van der Waals surface area contributed by atoms with E-state index in [4.69, 9.17) is 9.15 Å². The lowest BCUT2D eigenvalue weighted by atomic mass is 9.98. The Morgan fingerprint density at radius 2 is 1.46 bits per heavy atom. The largest absolute Gasteiger partial charge is 0.443 e. The van der Waals surface area contributed by atoms with E-state index in [0.717, 1.165) is 11.1 Å². The van der Waals surface area contributed by atoms with Crippen molar-refractivity contribution in [3.8, 4) is 0 Å². The number of ketones is 1. The first-order valence-electron chi connectivity index (χ1n) is 8.08. The van der Waals surface area contributed by atoms with E-state index in [1.807, 2.05) is 38.1 Å². The second-order valence-electron chi connectivity index (χ2n) is 6.03. The van der Waals surface area contributed by atoms with Gasteiger partial charge in [-0.15, -0.1) is 0 Å². The van der Waals surface area contributed by atoms with Gasteiger partial charge >= 0.3 is 5.97 Å². The van der Waals surface area contributed by atoms with Gasteiger partial charge in [0.05, 0.1) is 0 Å². The van der Waals surface area contributed by atoms with Gasteiger partial charge < -0.3 is 9.15 Å². The van der Waals surface area contributed by atoms with E-state index < -0.39 is 12.1 Å². The third-order valence-electron chi connectivity index (χ3n) is 3.95. The van der Waals surface area contributed by atoms with Crippen molar-refractivity contribution in [1.29, 1.82) is 0 Å². The zero-order chi connectivity index (χ0) is 18.7. The Kier molecular flexibility index (Phi) is 5.38. The number of hydrogen-bond donors (Lipinski definition) is 0. The first kappa shape index (κ1) is 18.1. The average molecular weight is 413 g/mol. The average Bonchev–Trinajstić information content (AvgIpc) is 3.07. The summed E-state index contributed by atoms with van der Waals surface area (Å²) in [7, 11) is 0. The number of Topliss-reactive ketones (excluding diaryl/α,β-unsaturated/α-hetero) is 1. The van der Waals surface area contributed by atoms with Crippen molar-refractivity contribution in [3.05, 3.63) is 93.3 Å². The van der Waals surface area contributed by atoms with E-state index >= 15 is 0 Å². The Morgan fingerprint density at radius 3 is 2.00 bits per heavy atom. The fraction of sp³-hybridized carbons (Fsp3) is 0.143. The van der Waals surface area contributed by atoms with E-state index in [0.29, 0.717) is 15.8 Å². The van der Waals surface area contributed by atoms with Crippen LogP contribution in [0.2, 0.25) is 0 Å². The lowest BCUT2D eigenvalue weighted by molar-refractivity contribution is 0.0249. The molecular formula is C21H17BrO4. The molecule has 0 saturated carbocycles. The summed E-state index contributed by atoms with van der Waals surface area (Å²) in [6, 6.07) is 17.6. The summed E-state index contributed by atoms with van der Waals surface area (Å²) in [5.74, 6) is -0.944. The summed E-state index contributed by atoms with van der Waals surface area (Å²) in [6.45, 7) is 3.90. The number of rotatable bonds is 5. The minimum atomic E-state index is -1.05. The molecule has 2 aromatic carbocycles. The van der Waals surface area contributed by atoms with E-state index in [2.05, 4.69) is 15.9 Å². The first-order valence-corrected chi connectivity index (χ1v) is 8.87. The van der Waals surface area contributed by atoms with Crippen LogP contribution in [-0.4, -0.2) is 11.8 Å². The van der Waals surface area contributed by atoms with E-state index in [-0.39, 0.29) is 11.5 Å². The molecule has 1 aromatic heterocycles. The van der Waals surface area contributed by atoms with E-state index in [1.54, 1.807) is 30.3 Å². The highest BCUT2D eigenvalue weighted by Gasteiger charge is 2.28. The van der Waals surface area contributed by atoms with Gasteiger partial charge in [0.15, 0.2) is 10.8 Å². The van der Waals surface area contributed by atoms with Gasteiger partial charge in [0, 0.05) is 11.1 Å². The van der Waals surface area contributed by atoms with Crippen molar-refractivity contribution in [2.45, 2.75) is 20.0 Å². The molecule has 4 nitrogen and oxygen atoms in total. The molecule has 3 rings (SSSR count). The molecule has 3 aromatic rings. The van der Waals surface area contributed by atoms with Crippen molar-refractivity contribution < 1.29 is 18.7 Å². The molecule has 1 atom stereocenters. The van der Waals surface area contributed by atoms with Crippen LogP contribution in [0.4, 0.5) is 0 Å². The number of carbonyl (C=O) groups is 2. The normalized spacial score (nSPS) is 11.8. The summed E-state index contributed by atoms with van der Waals surface area (Å²) in [4.78, 5) is 25.4. The molecule has 5 heteroatoms. The maximum absolute atomic E-state index is 13.0. The molecule has 0 amide bonds. The molecule has 0 N–H and O–H groups in total. The van der Waals surface area contributed by atoms with Gasteiger partial charge in [-0.05, 0) is 41.9 Å². The van der Waals surface area contributed by atoms with Gasteiger partial charge in [-0.25, -0.2) is 4.79 Å². The van der Waals surface area contributed by atoms with Gasteiger partial charge in [-0.2, -0.15) is 0 Å². The second-order valence-corrected chi connectivity index (χ2v) is 6.81. The smallest absolute Gasteiger partial charge is 0.375 e. The van der Waals surface area contributed by atoms with Crippen LogP contribution in [-0.2, 0) is 4.74 Å². The lowest BCUT2D eigenvalue weighted by Crippen LogP contribution is -2.20. The topological polar surface area (TPSA) is 56.5 Å². The zero-order valence-corrected chi connectivity index (χ0v) is 15.9. The zero-order valence-electron chi connectivity index (χ0n) is 14.4.